The van der Waals surface area contributed by atoms with Gasteiger partial charge in [0.15, 0.2) is 0 Å². The highest BCUT2D eigenvalue weighted by Crippen LogP contribution is 2.32. The molecule has 0 aromatic heterocycles. The van der Waals surface area contributed by atoms with E-state index < -0.39 is 39.4 Å². The molecule has 8 heteroatoms. The Morgan fingerprint density at radius 2 is 1.67 bits per heavy atom. The van der Waals surface area contributed by atoms with E-state index in [1.165, 1.54) is 13.8 Å². The summed E-state index contributed by atoms with van der Waals surface area (Å²) < 4.78 is 36.8. The van der Waals surface area contributed by atoms with Crippen LogP contribution < -0.4 is 0 Å². The van der Waals surface area contributed by atoms with Gasteiger partial charge in [-0.05, 0) is 44.0 Å². The Hall–Kier alpha value is -1.28. The van der Waals surface area contributed by atoms with E-state index in [1.54, 1.807) is 0 Å². The zero-order valence-electron chi connectivity index (χ0n) is 10.8. The highest BCUT2D eigenvalue weighted by Gasteiger charge is 2.39. The monoisotopic (exact) mass is 424 g/mol. The molecule has 1 aliphatic rings. The molecular formula is C13H8Br2F2O4. The van der Waals surface area contributed by atoms with E-state index in [9.17, 15) is 18.4 Å². The fourth-order valence-electron chi connectivity index (χ4n) is 1.64. The van der Waals surface area contributed by atoms with Gasteiger partial charge in [-0.2, -0.15) is 0 Å². The first-order valence-electron chi connectivity index (χ1n) is 5.64. The van der Waals surface area contributed by atoms with Gasteiger partial charge in [0.1, 0.15) is 17.2 Å². The summed E-state index contributed by atoms with van der Waals surface area (Å²) in [5.41, 5.74) is -0.653. The van der Waals surface area contributed by atoms with E-state index >= 15 is 0 Å². The second-order valence-corrected chi connectivity index (χ2v) is 6.27. The summed E-state index contributed by atoms with van der Waals surface area (Å²) in [5.74, 6) is -5.05. The Morgan fingerprint density at radius 3 is 2.19 bits per heavy atom. The summed E-state index contributed by atoms with van der Waals surface area (Å²) in [5, 5.41) is 0. The van der Waals surface area contributed by atoms with E-state index in [2.05, 4.69) is 31.9 Å². The molecule has 1 heterocycles. The molecule has 1 aliphatic heterocycles. The third-order valence-electron chi connectivity index (χ3n) is 2.56. The normalized spacial score (nSPS) is 17.3. The second kappa shape index (κ2) is 5.49. The Bertz CT molecular complexity index is 661. The smallest absolute Gasteiger partial charge is 0.348 e. The molecule has 0 unspecified atom stereocenters. The highest BCUT2D eigenvalue weighted by molar-refractivity contribution is 9.11. The molecule has 112 valence electrons. The third kappa shape index (κ3) is 3.16. The lowest BCUT2D eigenvalue weighted by Gasteiger charge is -2.29. The minimum absolute atomic E-state index is 0.0404. The predicted molar refractivity (Wildman–Crippen MR) is 76.0 cm³/mol. The number of esters is 2. The van der Waals surface area contributed by atoms with Crippen LogP contribution in [-0.4, -0.2) is 17.7 Å². The molecule has 0 spiro atoms. The number of carbonyl (C=O) groups is 2. The molecule has 0 aliphatic carbocycles. The fourth-order valence-corrected chi connectivity index (χ4v) is 2.45. The van der Waals surface area contributed by atoms with Gasteiger partial charge in [-0.25, -0.2) is 18.4 Å². The van der Waals surface area contributed by atoms with Crippen LogP contribution in [0.2, 0.25) is 0 Å². The number of ether oxygens (including phenoxy) is 2. The molecular weight excluding hydrogens is 418 g/mol. The predicted octanol–water partition coefficient (Wildman–Crippen LogP) is 3.71. The van der Waals surface area contributed by atoms with Crippen LogP contribution in [0.4, 0.5) is 8.78 Å². The zero-order valence-corrected chi connectivity index (χ0v) is 14.0. The number of hydrogen-bond donors (Lipinski definition) is 0. The van der Waals surface area contributed by atoms with Crippen LogP contribution in [-0.2, 0) is 19.1 Å². The van der Waals surface area contributed by atoms with Crippen molar-refractivity contribution in [1.29, 1.82) is 0 Å². The Labute approximate surface area is 135 Å². The minimum atomic E-state index is -1.38. The maximum atomic E-state index is 14.0. The van der Waals surface area contributed by atoms with Gasteiger partial charge in [0.25, 0.3) is 5.79 Å². The van der Waals surface area contributed by atoms with Crippen LogP contribution in [0.3, 0.4) is 0 Å². The molecule has 1 fully saturated rings. The molecule has 2 rings (SSSR count). The average molecular weight is 426 g/mol. The van der Waals surface area contributed by atoms with E-state index in [4.69, 9.17) is 9.47 Å². The van der Waals surface area contributed by atoms with Crippen molar-refractivity contribution in [2.75, 3.05) is 0 Å². The van der Waals surface area contributed by atoms with Gasteiger partial charge in [-0.15, -0.1) is 0 Å². The van der Waals surface area contributed by atoms with Gasteiger partial charge in [0, 0.05) is 23.9 Å². The van der Waals surface area contributed by atoms with E-state index in [-0.39, 0.29) is 10.0 Å². The molecule has 0 atom stereocenters. The zero-order chi connectivity index (χ0) is 15.9. The van der Waals surface area contributed by atoms with Gasteiger partial charge >= 0.3 is 11.9 Å². The maximum absolute atomic E-state index is 14.0. The summed E-state index contributed by atoms with van der Waals surface area (Å²) in [6, 6.07) is 1.00. The molecule has 4 nitrogen and oxygen atoms in total. The van der Waals surface area contributed by atoms with Crippen LogP contribution in [0, 0.1) is 11.6 Å². The quantitative estimate of drug-likeness (QED) is 0.226. The summed E-state index contributed by atoms with van der Waals surface area (Å²) in [6.07, 6.45) is 0.948. The van der Waals surface area contributed by atoms with Crippen molar-refractivity contribution in [3.05, 3.63) is 37.8 Å². The molecule has 0 radical (unpaired) electrons. The number of rotatable bonds is 1. The van der Waals surface area contributed by atoms with E-state index in [0.717, 1.165) is 12.1 Å². The molecule has 1 aromatic rings. The highest BCUT2D eigenvalue weighted by atomic mass is 79.9. The van der Waals surface area contributed by atoms with Gasteiger partial charge in [-0.3, -0.25) is 0 Å². The largest absolute Gasteiger partial charge is 0.419 e. The molecule has 0 saturated carbocycles. The number of carbonyl (C=O) groups excluding carboxylic acids is 2. The van der Waals surface area contributed by atoms with Gasteiger partial charge in [0.05, 0.1) is 4.47 Å². The van der Waals surface area contributed by atoms with E-state index in [0.29, 0.717) is 0 Å². The maximum Gasteiger partial charge on any atom is 0.348 e. The van der Waals surface area contributed by atoms with Crippen LogP contribution in [0.15, 0.2) is 20.6 Å². The fraction of sp³-hybridized carbons (Fsp3) is 0.231. The summed E-state index contributed by atoms with van der Waals surface area (Å²) in [7, 11) is 0. The van der Waals surface area contributed by atoms with Crippen LogP contribution in [0.1, 0.15) is 19.4 Å². The van der Waals surface area contributed by atoms with Crippen molar-refractivity contribution in [1.82, 2.24) is 0 Å². The molecule has 21 heavy (non-hydrogen) atoms. The van der Waals surface area contributed by atoms with Gasteiger partial charge in [0.2, 0.25) is 0 Å². The number of benzene rings is 1. The van der Waals surface area contributed by atoms with Crippen molar-refractivity contribution in [3.8, 4) is 0 Å². The van der Waals surface area contributed by atoms with Crippen molar-refractivity contribution < 1.29 is 27.8 Å². The van der Waals surface area contributed by atoms with E-state index in [1.807, 2.05) is 0 Å². The Balaban J connectivity index is 2.53. The summed E-state index contributed by atoms with van der Waals surface area (Å²) in [4.78, 5) is 23.6. The number of cyclic esters (lactones) is 2. The number of halogens is 4. The van der Waals surface area contributed by atoms with Crippen molar-refractivity contribution in [2.45, 2.75) is 19.6 Å². The minimum Gasteiger partial charge on any atom is -0.419 e. The summed E-state index contributed by atoms with van der Waals surface area (Å²) in [6.45, 7) is 2.79. The first kappa shape index (κ1) is 16.1. The first-order chi connectivity index (χ1) is 9.62. The SMILES string of the molecule is CC1(C)OC(=O)C(=Cc2c(Br)cc(F)c(Br)c2F)C(=O)O1. The average Bonchev–Trinajstić information content (AvgIpc) is 2.33. The van der Waals surface area contributed by atoms with Crippen LogP contribution >= 0.6 is 31.9 Å². The third-order valence-corrected chi connectivity index (χ3v) is 3.94. The van der Waals surface area contributed by atoms with Crippen LogP contribution in [0.5, 0.6) is 0 Å². The Morgan fingerprint density at radius 1 is 1.14 bits per heavy atom. The standard InChI is InChI=1S/C13H8Br2F2O4/c1-13(2)20-11(18)6(12(19)21-13)3-5-7(14)4-8(16)9(15)10(5)17/h3-4H,1-2H3. The second-order valence-electron chi connectivity index (χ2n) is 4.62. The summed E-state index contributed by atoms with van der Waals surface area (Å²) >= 11 is 5.72. The van der Waals surface area contributed by atoms with Crippen molar-refractivity contribution in [2.24, 2.45) is 0 Å². The molecule has 1 aromatic carbocycles. The van der Waals surface area contributed by atoms with Crippen molar-refractivity contribution >= 4 is 49.9 Å². The molecule has 0 amide bonds. The number of hydrogen-bond acceptors (Lipinski definition) is 4. The van der Waals surface area contributed by atoms with Gasteiger partial charge < -0.3 is 9.47 Å². The molecule has 0 N–H and O–H groups in total. The Kier molecular flexibility index (Phi) is 4.21. The van der Waals surface area contributed by atoms with Crippen molar-refractivity contribution in [3.63, 3.8) is 0 Å². The first-order valence-corrected chi connectivity index (χ1v) is 7.22. The molecule has 1 saturated heterocycles. The van der Waals surface area contributed by atoms with Crippen LogP contribution in [0.25, 0.3) is 6.08 Å². The van der Waals surface area contributed by atoms with Gasteiger partial charge in [-0.1, -0.05) is 0 Å². The molecule has 0 bridgehead atoms. The lowest BCUT2D eigenvalue weighted by Crippen LogP contribution is -2.41. The lowest BCUT2D eigenvalue weighted by atomic mass is 10.1. The lowest BCUT2D eigenvalue weighted by molar-refractivity contribution is -0.222. The topological polar surface area (TPSA) is 52.6 Å².